The zero-order chi connectivity index (χ0) is 21.1. The van der Waals surface area contributed by atoms with Crippen molar-refractivity contribution >= 4 is 33.7 Å². The Morgan fingerprint density at radius 1 is 0.724 bits per heavy atom. The molecule has 0 saturated carbocycles. The molecular formula is C23H20N2O4. The fourth-order valence-electron chi connectivity index (χ4n) is 2.36. The monoisotopic (exact) mass is 388 g/mol. The van der Waals surface area contributed by atoms with Crippen LogP contribution in [0.5, 0.6) is 0 Å². The summed E-state index contributed by atoms with van der Waals surface area (Å²) >= 11 is 0. The summed E-state index contributed by atoms with van der Waals surface area (Å²) in [6.07, 6.45) is 4.33. The molecule has 6 nitrogen and oxygen atoms in total. The summed E-state index contributed by atoms with van der Waals surface area (Å²) in [4.78, 5) is 25.7. The minimum absolute atomic E-state index is 0.352. The minimum atomic E-state index is -1.53. The van der Waals surface area contributed by atoms with E-state index in [0.717, 1.165) is 6.92 Å². The van der Waals surface area contributed by atoms with E-state index in [1.165, 1.54) is 21.8 Å². The number of benzene rings is 2. The number of para-hydroxylation sites is 2. The normalized spacial score (nSPS) is 10.3. The topological polar surface area (TPSA) is 109 Å². The lowest BCUT2D eigenvalue weighted by molar-refractivity contribution is -0.345. The fourth-order valence-corrected chi connectivity index (χ4v) is 2.36. The van der Waals surface area contributed by atoms with Gasteiger partial charge in [0, 0.05) is 35.0 Å². The third-order valence-corrected chi connectivity index (χ3v) is 3.80. The van der Waals surface area contributed by atoms with Gasteiger partial charge in [0.2, 0.25) is 11.0 Å². The van der Waals surface area contributed by atoms with E-state index in [4.69, 9.17) is 0 Å². The molecule has 6 heteroatoms. The Labute approximate surface area is 167 Å². The molecule has 0 fully saturated rings. The number of carboxylic acid groups (broad SMARTS) is 2. The quantitative estimate of drug-likeness (QED) is 0.472. The Morgan fingerprint density at radius 2 is 1.14 bits per heavy atom. The van der Waals surface area contributed by atoms with E-state index >= 15 is 0 Å². The highest BCUT2D eigenvalue weighted by atomic mass is 16.4. The maximum atomic E-state index is 9.76. The van der Waals surface area contributed by atoms with Gasteiger partial charge in [0.15, 0.2) is 12.4 Å². The SMILES string of the molecule is C/C(=C/C(=O)[O-])C(=O)[O-].c1ccc2[nH+]cccc2c1.c1ccc2[nH+]cccc2c1. The third-order valence-electron chi connectivity index (χ3n) is 3.80. The number of pyridine rings is 2. The number of aromatic amines is 2. The molecule has 146 valence electrons. The Kier molecular flexibility index (Phi) is 8.01. The van der Waals surface area contributed by atoms with Crippen LogP contribution in [0.4, 0.5) is 0 Å². The standard InChI is InChI=1S/2C9H7N.C5H6O4/c2*1-2-6-9-8(4-1)5-3-7-10-9;1-3(5(8)9)2-4(6)7/h2*1-7H;2H,1H3,(H,6,7)(H,8,9)/b;;3-2-. The molecular weight excluding hydrogens is 368 g/mol. The van der Waals surface area contributed by atoms with Crippen LogP contribution in [-0.4, -0.2) is 11.9 Å². The van der Waals surface area contributed by atoms with E-state index in [0.29, 0.717) is 6.08 Å². The van der Waals surface area contributed by atoms with Gasteiger partial charge in [-0.2, -0.15) is 0 Å². The number of H-pyrrole nitrogens is 2. The van der Waals surface area contributed by atoms with Crippen LogP contribution in [0.15, 0.2) is 96.8 Å². The first-order valence-electron chi connectivity index (χ1n) is 8.79. The number of aromatic nitrogens is 2. The van der Waals surface area contributed by atoms with Gasteiger partial charge in [0.05, 0.1) is 11.9 Å². The van der Waals surface area contributed by atoms with E-state index in [1.807, 2.05) is 48.8 Å². The molecule has 0 aliphatic rings. The second-order valence-electron chi connectivity index (χ2n) is 5.95. The maximum absolute atomic E-state index is 9.76. The van der Waals surface area contributed by atoms with Gasteiger partial charge in [-0.3, -0.25) is 0 Å². The molecule has 2 heterocycles. The third kappa shape index (κ3) is 7.22. The van der Waals surface area contributed by atoms with Gasteiger partial charge < -0.3 is 19.8 Å². The van der Waals surface area contributed by atoms with E-state index in [2.05, 4.69) is 46.4 Å². The number of fused-ring (bicyclic) bond motifs is 2. The number of carbonyl (C=O) groups is 2. The molecule has 0 aliphatic carbocycles. The van der Waals surface area contributed by atoms with E-state index in [1.54, 1.807) is 0 Å². The molecule has 0 bridgehead atoms. The predicted molar refractivity (Wildman–Crippen MR) is 105 cm³/mol. The number of carbonyl (C=O) groups excluding carboxylic acids is 2. The predicted octanol–water partition coefficient (Wildman–Crippen LogP) is 0.740. The average Bonchev–Trinajstić information content (AvgIpc) is 2.74. The number of rotatable bonds is 2. The highest BCUT2D eigenvalue weighted by molar-refractivity contribution is 5.92. The first kappa shape index (κ1) is 21.2. The number of aliphatic carboxylic acids is 2. The molecule has 0 amide bonds. The molecule has 29 heavy (non-hydrogen) atoms. The van der Waals surface area contributed by atoms with Gasteiger partial charge in [-0.15, -0.1) is 0 Å². The van der Waals surface area contributed by atoms with Crippen molar-refractivity contribution in [3.63, 3.8) is 0 Å². The summed E-state index contributed by atoms with van der Waals surface area (Å²) in [5.74, 6) is -3.03. The summed E-state index contributed by atoms with van der Waals surface area (Å²) in [5.41, 5.74) is 2.02. The van der Waals surface area contributed by atoms with Crippen molar-refractivity contribution in [3.05, 3.63) is 96.8 Å². The lowest BCUT2D eigenvalue weighted by atomic mass is 10.2. The molecule has 4 aromatic rings. The van der Waals surface area contributed by atoms with Crippen molar-refractivity contribution in [2.45, 2.75) is 6.92 Å². The van der Waals surface area contributed by atoms with Crippen molar-refractivity contribution in [3.8, 4) is 0 Å². The number of nitrogens with one attached hydrogen (secondary N) is 2. The summed E-state index contributed by atoms with van der Waals surface area (Å²) in [6.45, 7) is 1.12. The molecule has 0 radical (unpaired) electrons. The maximum Gasteiger partial charge on any atom is 0.210 e. The molecule has 0 spiro atoms. The first-order chi connectivity index (χ1) is 14.0. The van der Waals surface area contributed by atoms with Gasteiger partial charge in [0.1, 0.15) is 0 Å². The van der Waals surface area contributed by atoms with Gasteiger partial charge in [-0.05, 0) is 42.8 Å². The average molecular weight is 388 g/mol. The van der Waals surface area contributed by atoms with Gasteiger partial charge in [-0.1, -0.05) is 24.3 Å². The van der Waals surface area contributed by atoms with Crippen LogP contribution in [0, 0.1) is 0 Å². The molecule has 2 N–H and O–H groups in total. The van der Waals surface area contributed by atoms with Crippen molar-refractivity contribution < 1.29 is 29.8 Å². The smallest absolute Gasteiger partial charge is 0.210 e. The largest absolute Gasteiger partial charge is 0.545 e. The zero-order valence-corrected chi connectivity index (χ0v) is 15.8. The zero-order valence-electron chi connectivity index (χ0n) is 15.8. The number of carboxylic acids is 2. The second kappa shape index (κ2) is 10.9. The van der Waals surface area contributed by atoms with Crippen LogP contribution in [0.1, 0.15) is 6.92 Å². The molecule has 2 aromatic heterocycles. The van der Waals surface area contributed by atoms with Crippen LogP contribution < -0.4 is 20.2 Å². The van der Waals surface area contributed by atoms with Crippen LogP contribution in [0.2, 0.25) is 0 Å². The number of hydrogen-bond donors (Lipinski definition) is 0. The molecule has 0 aliphatic heterocycles. The highest BCUT2D eigenvalue weighted by Gasteiger charge is 1.93. The van der Waals surface area contributed by atoms with Crippen LogP contribution in [-0.2, 0) is 9.59 Å². The van der Waals surface area contributed by atoms with E-state index in [-0.39, 0.29) is 5.57 Å². The van der Waals surface area contributed by atoms with Crippen LogP contribution in [0.25, 0.3) is 21.8 Å². The lowest BCUT2D eigenvalue weighted by Gasteiger charge is -2.00. The van der Waals surface area contributed by atoms with Crippen molar-refractivity contribution in [1.29, 1.82) is 0 Å². The second-order valence-corrected chi connectivity index (χ2v) is 5.95. The Bertz CT molecular complexity index is 937. The van der Waals surface area contributed by atoms with Gasteiger partial charge in [0.25, 0.3) is 0 Å². The molecule has 0 unspecified atom stereocenters. The van der Waals surface area contributed by atoms with Crippen molar-refractivity contribution in [1.82, 2.24) is 0 Å². The summed E-state index contributed by atoms with van der Waals surface area (Å²) in [5, 5.41) is 21.9. The Morgan fingerprint density at radius 3 is 1.48 bits per heavy atom. The van der Waals surface area contributed by atoms with Gasteiger partial charge in [-0.25, -0.2) is 9.97 Å². The summed E-state index contributed by atoms with van der Waals surface area (Å²) in [6, 6.07) is 24.6. The van der Waals surface area contributed by atoms with Crippen molar-refractivity contribution in [2.75, 3.05) is 0 Å². The van der Waals surface area contributed by atoms with E-state index < -0.39 is 11.9 Å². The van der Waals surface area contributed by atoms with Crippen molar-refractivity contribution in [2.24, 2.45) is 0 Å². The molecule has 0 atom stereocenters. The number of hydrogen-bond acceptors (Lipinski definition) is 4. The minimum Gasteiger partial charge on any atom is -0.545 e. The summed E-state index contributed by atoms with van der Waals surface area (Å²) in [7, 11) is 0. The molecule has 0 saturated heterocycles. The molecule has 2 aromatic carbocycles. The Balaban J connectivity index is 0.000000156. The Hall–Kier alpha value is -4.06. The lowest BCUT2D eigenvalue weighted by Crippen LogP contribution is -2.26. The first-order valence-corrected chi connectivity index (χ1v) is 8.79. The molecule has 4 rings (SSSR count). The van der Waals surface area contributed by atoms with E-state index in [9.17, 15) is 19.8 Å². The van der Waals surface area contributed by atoms with Gasteiger partial charge >= 0.3 is 0 Å². The highest BCUT2D eigenvalue weighted by Crippen LogP contribution is 2.05. The summed E-state index contributed by atoms with van der Waals surface area (Å²) < 4.78 is 0. The van der Waals surface area contributed by atoms with Crippen LogP contribution in [0.3, 0.4) is 0 Å². The fraction of sp³-hybridized carbons (Fsp3) is 0.0435. The van der Waals surface area contributed by atoms with Crippen LogP contribution >= 0.6 is 0 Å².